The molecule has 0 radical (unpaired) electrons. The van der Waals surface area contributed by atoms with Gasteiger partial charge in [0, 0.05) is 0 Å². The molecule has 0 amide bonds. The van der Waals surface area contributed by atoms with E-state index in [2.05, 4.69) is 0 Å². The molecule has 0 aliphatic heterocycles. The molecular formula is C14H12BF4O-. The molecule has 0 atom stereocenters. The third-order valence-corrected chi connectivity index (χ3v) is 2.96. The van der Waals surface area contributed by atoms with Gasteiger partial charge >= 0.3 is 6.98 Å². The lowest BCUT2D eigenvalue weighted by Gasteiger charge is -2.15. The van der Waals surface area contributed by atoms with Crippen molar-refractivity contribution in [3.8, 4) is 5.75 Å². The van der Waals surface area contributed by atoms with Crippen molar-refractivity contribution in [1.82, 2.24) is 0 Å². The number of benzene rings is 2. The van der Waals surface area contributed by atoms with Crippen LogP contribution in [-0.4, -0.2) is 6.98 Å². The van der Waals surface area contributed by atoms with Gasteiger partial charge < -0.3 is 17.7 Å². The summed E-state index contributed by atoms with van der Waals surface area (Å²) in [6.45, 7) is -3.06. The summed E-state index contributed by atoms with van der Waals surface area (Å²) in [7, 11) is 0. The van der Waals surface area contributed by atoms with Crippen molar-refractivity contribution in [3.05, 3.63) is 59.4 Å². The lowest BCUT2D eigenvalue weighted by Crippen LogP contribution is -2.33. The molecule has 0 unspecified atom stereocenters. The van der Waals surface area contributed by atoms with Crippen molar-refractivity contribution in [2.45, 2.75) is 13.5 Å². The van der Waals surface area contributed by atoms with Crippen LogP contribution in [0.3, 0.4) is 0 Å². The van der Waals surface area contributed by atoms with E-state index in [1.807, 2.05) is 0 Å². The van der Waals surface area contributed by atoms with Gasteiger partial charge in [-0.25, -0.2) is 4.39 Å². The van der Waals surface area contributed by atoms with E-state index in [9.17, 15) is 17.3 Å². The molecule has 0 saturated carbocycles. The van der Waals surface area contributed by atoms with Gasteiger partial charge in [-0.1, -0.05) is 18.2 Å². The molecular weight excluding hydrogens is 271 g/mol. The first-order valence-corrected chi connectivity index (χ1v) is 6.04. The van der Waals surface area contributed by atoms with Gasteiger partial charge in [0.25, 0.3) is 0 Å². The van der Waals surface area contributed by atoms with Crippen molar-refractivity contribution in [2.24, 2.45) is 0 Å². The third-order valence-electron chi connectivity index (χ3n) is 2.96. The summed E-state index contributed by atoms with van der Waals surface area (Å²) in [5, 5.41) is 0. The fourth-order valence-electron chi connectivity index (χ4n) is 1.76. The van der Waals surface area contributed by atoms with Crippen molar-refractivity contribution in [1.29, 1.82) is 0 Å². The molecule has 2 rings (SSSR count). The quantitative estimate of drug-likeness (QED) is 0.613. The Balaban J connectivity index is 2.04. The second kappa shape index (κ2) is 5.57. The van der Waals surface area contributed by atoms with Crippen LogP contribution in [-0.2, 0) is 6.61 Å². The smallest absolute Gasteiger partial charge is 0.489 e. The predicted octanol–water partition coefficient (Wildman–Crippen LogP) is 3.77. The molecule has 2 aromatic carbocycles. The van der Waals surface area contributed by atoms with Crippen molar-refractivity contribution >= 4 is 12.4 Å². The first-order valence-electron chi connectivity index (χ1n) is 6.04. The molecule has 0 fully saturated rings. The highest BCUT2D eigenvalue weighted by molar-refractivity contribution is 6.73. The summed E-state index contributed by atoms with van der Waals surface area (Å²) < 4.78 is 55.7. The molecule has 0 N–H and O–H groups in total. The summed E-state index contributed by atoms with van der Waals surface area (Å²) in [5.41, 5.74) is 0.867. The van der Waals surface area contributed by atoms with Gasteiger partial charge in [0.15, 0.2) is 0 Å². The van der Waals surface area contributed by atoms with Gasteiger partial charge in [0.05, 0.1) is 0 Å². The van der Waals surface area contributed by atoms with E-state index in [1.165, 1.54) is 24.3 Å². The molecule has 0 aromatic heterocycles. The standard InChI is InChI=1S/C14H12BF4O/c1-10-8-13(16)5-2-11(10)9-20-14-6-3-12(4-7-14)15(17,18)19/h2-8H,9H2,1H3/q-1. The normalized spacial score (nSPS) is 11.4. The molecule has 2 aromatic rings. The topological polar surface area (TPSA) is 9.23 Å². The number of rotatable bonds is 4. The number of aryl methyl sites for hydroxylation is 1. The highest BCUT2D eigenvalue weighted by atomic mass is 19.4. The van der Waals surface area contributed by atoms with Crippen LogP contribution in [0.15, 0.2) is 42.5 Å². The Morgan fingerprint density at radius 1 is 1.00 bits per heavy atom. The molecule has 1 nitrogen and oxygen atoms in total. The SMILES string of the molecule is Cc1cc(F)ccc1COc1ccc([B-](F)(F)F)cc1. The second-order valence-electron chi connectivity index (χ2n) is 4.50. The molecule has 0 bridgehead atoms. The highest BCUT2D eigenvalue weighted by Gasteiger charge is 2.24. The Labute approximate surface area is 114 Å². The Morgan fingerprint density at radius 3 is 2.20 bits per heavy atom. The number of halogens is 4. The molecule has 0 aliphatic rings. The number of hydrogen-bond donors (Lipinski definition) is 0. The zero-order valence-corrected chi connectivity index (χ0v) is 10.7. The first kappa shape index (κ1) is 14.4. The van der Waals surface area contributed by atoms with Crippen LogP contribution in [0.1, 0.15) is 11.1 Å². The van der Waals surface area contributed by atoms with E-state index < -0.39 is 12.4 Å². The van der Waals surface area contributed by atoms with E-state index in [4.69, 9.17) is 4.74 Å². The van der Waals surface area contributed by atoms with E-state index in [0.29, 0.717) is 5.75 Å². The van der Waals surface area contributed by atoms with E-state index in [1.54, 1.807) is 13.0 Å². The van der Waals surface area contributed by atoms with E-state index in [-0.39, 0.29) is 12.4 Å². The third kappa shape index (κ3) is 3.53. The van der Waals surface area contributed by atoms with Crippen LogP contribution >= 0.6 is 0 Å². The first-order chi connectivity index (χ1) is 9.36. The van der Waals surface area contributed by atoms with Crippen LogP contribution in [0.4, 0.5) is 17.3 Å². The Kier molecular flexibility index (Phi) is 4.02. The summed E-state index contributed by atoms with van der Waals surface area (Å²) in [6, 6.07) is 8.85. The minimum Gasteiger partial charge on any atom is -0.489 e. The maximum absolute atomic E-state index is 12.9. The zero-order chi connectivity index (χ0) is 14.8. The second-order valence-corrected chi connectivity index (χ2v) is 4.50. The van der Waals surface area contributed by atoms with Crippen LogP contribution in [0, 0.1) is 12.7 Å². The average Bonchev–Trinajstić information content (AvgIpc) is 2.37. The Hall–Kier alpha value is -1.98. The molecule has 0 saturated heterocycles. The number of ether oxygens (including phenoxy) is 1. The summed E-state index contributed by atoms with van der Waals surface area (Å²) >= 11 is 0. The van der Waals surface area contributed by atoms with E-state index in [0.717, 1.165) is 23.3 Å². The van der Waals surface area contributed by atoms with Gasteiger partial charge in [-0.05, 0) is 42.3 Å². The van der Waals surface area contributed by atoms with Gasteiger partial charge in [-0.2, -0.15) is 0 Å². The maximum Gasteiger partial charge on any atom is 0.509 e. The largest absolute Gasteiger partial charge is 0.509 e. The fourth-order valence-corrected chi connectivity index (χ4v) is 1.76. The Bertz CT molecular complexity index is 593. The lowest BCUT2D eigenvalue weighted by molar-refractivity contribution is 0.305. The molecule has 0 spiro atoms. The van der Waals surface area contributed by atoms with Gasteiger partial charge in [-0.15, -0.1) is 5.46 Å². The summed E-state index contributed by atoms with van der Waals surface area (Å²) in [5.74, 6) is 0.0144. The van der Waals surface area contributed by atoms with Gasteiger partial charge in [0.2, 0.25) is 0 Å². The highest BCUT2D eigenvalue weighted by Crippen LogP contribution is 2.16. The minimum absolute atomic E-state index is 0.183. The van der Waals surface area contributed by atoms with Crippen molar-refractivity contribution in [2.75, 3.05) is 0 Å². The molecule has 0 aliphatic carbocycles. The van der Waals surface area contributed by atoms with Crippen molar-refractivity contribution < 1.29 is 22.1 Å². The minimum atomic E-state index is -4.99. The lowest BCUT2D eigenvalue weighted by atomic mass is 9.80. The summed E-state index contributed by atoms with van der Waals surface area (Å²) in [6.07, 6.45) is 0. The zero-order valence-electron chi connectivity index (χ0n) is 10.7. The Morgan fingerprint density at radius 2 is 1.65 bits per heavy atom. The molecule has 6 heteroatoms. The summed E-state index contributed by atoms with van der Waals surface area (Å²) in [4.78, 5) is 0. The maximum atomic E-state index is 12.9. The predicted molar refractivity (Wildman–Crippen MR) is 70.6 cm³/mol. The number of hydrogen-bond acceptors (Lipinski definition) is 1. The van der Waals surface area contributed by atoms with E-state index >= 15 is 0 Å². The molecule has 20 heavy (non-hydrogen) atoms. The van der Waals surface area contributed by atoms with Crippen LogP contribution < -0.4 is 10.2 Å². The molecule has 0 heterocycles. The van der Waals surface area contributed by atoms with Gasteiger partial charge in [-0.3, -0.25) is 0 Å². The molecule has 106 valence electrons. The van der Waals surface area contributed by atoms with Crippen LogP contribution in [0.5, 0.6) is 5.75 Å². The van der Waals surface area contributed by atoms with Crippen LogP contribution in [0.2, 0.25) is 0 Å². The average molecular weight is 283 g/mol. The van der Waals surface area contributed by atoms with Crippen LogP contribution in [0.25, 0.3) is 0 Å². The fraction of sp³-hybridized carbons (Fsp3) is 0.143. The van der Waals surface area contributed by atoms with Crippen molar-refractivity contribution in [3.63, 3.8) is 0 Å². The van der Waals surface area contributed by atoms with Gasteiger partial charge in [0.1, 0.15) is 18.2 Å². The monoisotopic (exact) mass is 283 g/mol.